The van der Waals surface area contributed by atoms with E-state index in [0.717, 1.165) is 24.0 Å². The van der Waals surface area contributed by atoms with Gasteiger partial charge < -0.3 is 19.3 Å². The molecule has 29 heavy (non-hydrogen) atoms. The molecule has 8 nitrogen and oxygen atoms in total. The number of hydrogen-bond donors (Lipinski definition) is 0. The third-order valence-corrected chi connectivity index (χ3v) is 5.22. The van der Waals surface area contributed by atoms with Gasteiger partial charge in [-0.15, -0.1) is 10.2 Å². The Morgan fingerprint density at radius 3 is 2.69 bits per heavy atom. The van der Waals surface area contributed by atoms with Crippen LogP contribution in [0.5, 0.6) is 17.4 Å². The van der Waals surface area contributed by atoms with Gasteiger partial charge in [-0.1, -0.05) is 29.8 Å². The third kappa shape index (κ3) is 4.35. The van der Waals surface area contributed by atoms with Crippen LogP contribution in [-0.2, 0) is 0 Å². The molecule has 1 saturated carbocycles. The molecule has 0 spiro atoms. The lowest BCUT2D eigenvalue weighted by atomic mass is 10.1. The maximum Gasteiger partial charge on any atom is 0.415 e. The molecular weight excluding hydrogens is 394 g/mol. The molecule has 1 aromatic carbocycles. The fraction of sp³-hybridized carbons (Fsp3) is 0.400. The number of hydrogen-bond acceptors (Lipinski definition) is 7. The molecule has 0 unspecified atom stereocenters. The van der Waals surface area contributed by atoms with Gasteiger partial charge >= 0.3 is 6.09 Å². The molecule has 1 saturated heterocycles. The van der Waals surface area contributed by atoms with Gasteiger partial charge in [-0.25, -0.2) is 4.79 Å². The van der Waals surface area contributed by atoms with Crippen LogP contribution in [0.25, 0.3) is 0 Å². The smallest absolute Gasteiger partial charge is 0.415 e. The summed E-state index contributed by atoms with van der Waals surface area (Å²) in [7, 11) is 0. The number of ether oxygens (including phenoxy) is 2. The summed E-state index contributed by atoms with van der Waals surface area (Å²) in [6.45, 7) is 3.71. The zero-order valence-electron chi connectivity index (χ0n) is 16.0. The number of rotatable bonds is 4. The number of piperazine rings is 1. The van der Waals surface area contributed by atoms with Crippen LogP contribution in [-0.4, -0.2) is 52.3 Å². The number of carbonyl (C=O) groups is 1. The first-order chi connectivity index (χ1) is 14.0. The second-order valence-corrected chi connectivity index (χ2v) is 7.54. The van der Waals surface area contributed by atoms with E-state index in [0.29, 0.717) is 37.8 Å². The van der Waals surface area contributed by atoms with Gasteiger partial charge in [-0.3, -0.25) is 0 Å². The van der Waals surface area contributed by atoms with Crippen molar-refractivity contribution in [1.82, 2.24) is 20.0 Å². The number of nitriles is 1. The zero-order valence-corrected chi connectivity index (χ0v) is 16.7. The van der Waals surface area contributed by atoms with Crippen LogP contribution in [0, 0.1) is 18.4 Å². The molecular formula is C20H20ClN5O3. The molecule has 150 valence electrons. The minimum Gasteiger partial charge on any atom is -0.434 e. The minimum atomic E-state index is -0.538. The maximum atomic E-state index is 12.6. The number of amides is 1. The summed E-state index contributed by atoms with van der Waals surface area (Å²) in [6, 6.07) is 7.43. The van der Waals surface area contributed by atoms with Crippen molar-refractivity contribution < 1.29 is 14.3 Å². The topological polar surface area (TPSA) is 91.6 Å². The van der Waals surface area contributed by atoms with E-state index in [1.165, 1.54) is 11.0 Å². The highest BCUT2D eigenvalue weighted by molar-refractivity contribution is 6.29. The summed E-state index contributed by atoms with van der Waals surface area (Å²) in [5, 5.41) is 16.9. The van der Waals surface area contributed by atoms with Crippen molar-refractivity contribution in [2.45, 2.75) is 25.7 Å². The molecule has 2 aliphatic rings. The van der Waals surface area contributed by atoms with Crippen molar-refractivity contribution in [2.24, 2.45) is 0 Å². The van der Waals surface area contributed by atoms with Crippen LogP contribution in [0.1, 0.15) is 29.9 Å². The van der Waals surface area contributed by atoms with Gasteiger partial charge in [-0.05, 0) is 36.8 Å². The molecule has 2 fully saturated rings. The molecule has 4 rings (SSSR count). The summed E-state index contributed by atoms with van der Waals surface area (Å²) in [5.74, 6) is 1.40. The third-order valence-electron chi connectivity index (χ3n) is 5.03. The Balaban J connectivity index is 1.54. The number of aromatic nitrogens is 2. The van der Waals surface area contributed by atoms with Gasteiger partial charge in [0.25, 0.3) is 5.88 Å². The van der Waals surface area contributed by atoms with Gasteiger partial charge in [-0.2, -0.15) is 5.26 Å². The lowest BCUT2D eigenvalue weighted by Crippen LogP contribution is -2.47. The van der Waals surface area contributed by atoms with Crippen molar-refractivity contribution in [1.29, 1.82) is 5.26 Å². The fourth-order valence-corrected chi connectivity index (χ4v) is 3.40. The van der Waals surface area contributed by atoms with Gasteiger partial charge in [0.1, 0.15) is 5.75 Å². The van der Waals surface area contributed by atoms with Crippen LogP contribution in [0.3, 0.4) is 0 Å². The number of nitrogens with zero attached hydrogens (tertiary/aromatic N) is 5. The largest absolute Gasteiger partial charge is 0.434 e. The van der Waals surface area contributed by atoms with Crippen LogP contribution in [0.15, 0.2) is 24.3 Å². The van der Waals surface area contributed by atoms with E-state index >= 15 is 0 Å². The summed E-state index contributed by atoms with van der Waals surface area (Å²) in [6.07, 6.45) is 3.80. The van der Waals surface area contributed by atoms with Crippen molar-refractivity contribution in [2.75, 3.05) is 26.2 Å². The first-order valence-electron chi connectivity index (χ1n) is 9.47. The lowest BCUT2D eigenvalue weighted by Gasteiger charge is -2.30. The molecule has 1 aromatic heterocycles. The molecule has 1 amide bonds. The molecule has 0 atom stereocenters. The predicted octanol–water partition coefficient (Wildman–Crippen LogP) is 3.71. The Kier molecular flexibility index (Phi) is 5.41. The molecule has 2 heterocycles. The van der Waals surface area contributed by atoms with Gasteiger partial charge in [0.05, 0.1) is 0 Å². The Hall–Kier alpha value is -3.05. The molecule has 0 bridgehead atoms. The van der Waals surface area contributed by atoms with Crippen LogP contribution in [0.2, 0.25) is 5.15 Å². The first-order valence-corrected chi connectivity index (χ1v) is 9.85. The van der Waals surface area contributed by atoms with Gasteiger partial charge in [0.15, 0.2) is 17.1 Å². The van der Waals surface area contributed by atoms with E-state index < -0.39 is 6.09 Å². The number of carbonyl (C=O) groups excluding carboxylic acids is 1. The highest BCUT2D eigenvalue weighted by Gasteiger charge is 2.29. The fourth-order valence-electron chi connectivity index (χ4n) is 3.26. The summed E-state index contributed by atoms with van der Waals surface area (Å²) >= 11 is 5.97. The van der Waals surface area contributed by atoms with E-state index in [1.54, 1.807) is 4.90 Å². The van der Waals surface area contributed by atoms with Crippen LogP contribution < -0.4 is 9.47 Å². The second-order valence-electron chi connectivity index (χ2n) is 7.15. The lowest BCUT2D eigenvalue weighted by molar-refractivity contribution is 0.126. The molecule has 0 radical (unpaired) electrons. The van der Waals surface area contributed by atoms with Crippen molar-refractivity contribution >= 4 is 17.7 Å². The molecule has 0 N–H and O–H groups in total. The maximum absolute atomic E-state index is 12.6. The van der Waals surface area contributed by atoms with Gasteiger partial charge in [0, 0.05) is 32.2 Å². The highest BCUT2D eigenvalue weighted by atomic mass is 35.5. The van der Waals surface area contributed by atoms with Crippen molar-refractivity contribution in [3.8, 4) is 23.6 Å². The Labute approximate surface area is 173 Å². The van der Waals surface area contributed by atoms with Crippen molar-refractivity contribution in [3.63, 3.8) is 0 Å². The average molecular weight is 414 g/mol. The zero-order chi connectivity index (χ0) is 20.4. The van der Waals surface area contributed by atoms with E-state index in [4.69, 9.17) is 26.3 Å². The standard InChI is InChI=1S/C20H20ClN5O3/c1-13-3-2-4-15(14-5-6-14)18(13)29-19-16(11-17(21)23-24-19)28-20(27)26-9-7-25(12-22)8-10-26/h2-4,11,14H,5-10H2,1H3. The number of para-hydroxylation sites is 1. The van der Waals surface area contributed by atoms with Crippen LogP contribution >= 0.6 is 11.6 Å². The second kappa shape index (κ2) is 8.13. The average Bonchev–Trinajstić information content (AvgIpc) is 3.56. The highest BCUT2D eigenvalue weighted by Crippen LogP contribution is 2.46. The normalized spacial score (nSPS) is 16.3. The van der Waals surface area contributed by atoms with E-state index in [9.17, 15) is 4.79 Å². The van der Waals surface area contributed by atoms with Crippen molar-refractivity contribution in [3.05, 3.63) is 40.5 Å². The summed E-state index contributed by atoms with van der Waals surface area (Å²) in [4.78, 5) is 15.7. The Morgan fingerprint density at radius 1 is 1.24 bits per heavy atom. The number of aryl methyl sites for hydroxylation is 1. The van der Waals surface area contributed by atoms with Gasteiger partial charge in [0.2, 0.25) is 0 Å². The molecule has 1 aliphatic heterocycles. The molecule has 9 heteroatoms. The molecule has 1 aliphatic carbocycles. The monoisotopic (exact) mass is 413 g/mol. The summed E-state index contributed by atoms with van der Waals surface area (Å²) in [5.41, 5.74) is 2.09. The Morgan fingerprint density at radius 2 is 2.00 bits per heavy atom. The molecule has 2 aromatic rings. The Bertz CT molecular complexity index is 965. The number of benzene rings is 1. The van der Waals surface area contributed by atoms with E-state index in [2.05, 4.69) is 16.4 Å². The first kappa shape index (κ1) is 19.3. The SMILES string of the molecule is Cc1cccc(C2CC2)c1Oc1nnc(Cl)cc1OC(=O)N1CCN(C#N)CC1. The summed E-state index contributed by atoms with van der Waals surface area (Å²) < 4.78 is 11.6. The quantitative estimate of drug-likeness (QED) is 0.705. The number of halogens is 1. The minimum absolute atomic E-state index is 0.0922. The van der Waals surface area contributed by atoms with Crippen LogP contribution in [0.4, 0.5) is 4.79 Å². The van der Waals surface area contributed by atoms with E-state index in [1.807, 2.05) is 25.1 Å². The predicted molar refractivity (Wildman–Crippen MR) is 105 cm³/mol. The van der Waals surface area contributed by atoms with E-state index in [-0.39, 0.29) is 16.8 Å².